The van der Waals surface area contributed by atoms with E-state index in [9.17, 15) is 10.5 Å². The first-order valence-corrected chi connectivity index (χ1v) is 8.70. The van der Waals surface area contributed by atoms with Crippen LogP contribution in [0.5, 0.6) is 0 Å². The molecule has 1 aromatic carbocycles. The highest BCUT2D eigenvalue weighted by Crippen LogP contribution is 2.37. The van der Waals surface area contributed by atoms with Crippen molar-refractivity contribution in [2.45, 2.75) is 32.1 Å². The molecule has 0 aliphatic heterocycles. The second-order valence-electron chi connectivity index (χ2n) is 5.62. The molecule has 3 rings (SSSR count). The number of aryl methyl sites for hydroxylation is 1. The number of oxime groups is 1. The maximum absolute atomic E-state index is 9.45. The predicted octanol–water partition coefficient (Wildman–Crippen LogP) is 4.18. The van der Waals surface area contributed by atoms with E-state index in [1.165, 1.54) is 23.3 Å². The zero-order valence-electron chi connectivity index (χ0n) is 12.9. The van der Waals surface area contributed by atoms with Crippen LogP contribution in [0.4, 0.5) is 5.00 Å². The molecule has 0 bridgehead atoms. The summed E-state index contributed by atoms with van der Waals surface area (Å²) in [5, 5.41) is 26.4. The van der Waals surface area contributed by atoms with Crippen LogP contribution in [0.2, 0.25) is 0 Å². The van der Waals surface area contributed by atoms with E-state index < -0.39 is 0 Å². The minimum atomic E-state index is 0.605. The lowest BCUT2D eigenvalue weighted by molar-refractivity contribution is 0.318. The zero-order chi connectivity index (χ0) is 16.1. The van der Waals surface area contributed by atoms with Gasteiger partial charge in [0.1, 0.15) is 11.1 Å². The Kier molecular flexibility index (Phi) is 4.94. The lowest BCUT2D eigenvalue weighted by Crippen LogP contribution is -2.10. The Balaban J connectivity index is 1.67. The largest absolute Gasteiger partial charge is 0.411 e. The van der Waals surface area contributed by atoms with Gasteiger partial charge in [-0.05, 0) is 36.8 Å². The van der Waals surface area contributed by atoms with Crippen LogP contribution in [0.15, 0.2) is 35.5 Å². The van der Waals surface area contributed by atoms with Crippen LogP contribution in [-0.4, -0.2) is 17.5 Å². The Morgan fingerprint density at radius 3 is 2.78 bits per heavy atom. The van der Waals surface area contributed by atoms with Crippen molar-refractivity contribution in [3.63, 3.8) is 0 Å². The molecule has 0 amide bonds. The van der Waals surface area contributed by atoms with Crippen molar-refractivity contribution in [2.75, 3.05) is 11.9 Å². The fourth-order valence-electron chi connectivity index (χ4n) is 2.99. The van der Waals surface area contributed by atoms with Crippen molar-refractivity contribution >= 4 is 22.0 Å². The van der Waals surface area contributed by atoms with E-state index >= 15 is 0 Å². The zero-order valence-corrected chi connectivity index (χ0v) is 13.7. The minimum absolute atomic E-state index is 0.605. The molecule has 23 heavy (non-hydrogen) atoms. The monoisotopic (exact) mass is 325 g/mol. The second kappa shape index (κ2) is 7.30. The van der Waals surface area contributed by atoms with Crippen molar-refractivity contribution in [1.29, 1.82) is 5.26 Å². The van der Waals surface area contributed by atoms with Gasteiger partial charge < -0.3 is 10.5 Å². The van der Waals surface area contributed by atoms with Crippen LogP contribution in [0.3, 0.4) is 0 Å². The molecule has 118 valence electrons. The maximum atomic E-state index is 9.45. The maximum Gasteiger partial charge on any atom is 0.107 e. The quantitative estimate of drug-likeness (QED) is 0.492. The minimum Gasteiger partial charge on any atom is -0.411 e. The lowest BCUT2D eigenvalue weighted by atomic mass is 9.96. The first kappa shape index (κ1) is 15.6. The van der Waals surface area contributed by atoms with Gasteiger partial charge >= 0.3 is 0 Å². The fourth-order valence-corrected chi connectivity index (χ4v) is 4.25. The Labute approximate surface area is 140 Å². The van der Waals surface area contributed by atoms with E-state index in [1.807, 2.05) is 30.3 Å². The van der Waals surface area contributed by atoms with Crippen molar-refractivity contribution in [3.05, 3.63) is 51.9 Å². The lowest BCUT2D eigenvalue weighted by Gasteiger charge is -2.09. The molecule has 0 atom stereocenters. The van der Waals surface area contributed by atoms with E-state index in [-0.39, 0.29) is 0 Å². The van der Waals surface area contributed by atoms with Crippen LogP contribution < -0.4 is 5.32 Å². The normalized spacial score (nSPS) is 14.1. The van der Waals surface area contributed by atoms with Gasteiger partial charge in [-0.25, -0.2) is 0 Å². The second-order valence-corrected chi connectivity index (χ2v) is 6.72. The number of hydrogen-bond acceptors (Lipinski definition) is 5. The third-order valence-electron chi connectivity index (χ3n) is 4.16. The summed E-state index contributed by atoms with van der Waals surface area (Å²) >= 11 is 1.71. The molecule has 0 radical (unpaired) electrons. The van der Waals surface area contributed by atoms with Gasteiger partial charge in [0.05, 0.1) is 11.3 Å². The molecule has 0 unspecified atom stereocenters. The summed E-state index contributed by atoms with van der Waals surface area (Å²) in [5.41, 5.74) is 3.62. The standard InChI is InChI=1S/C18H19N3OS/c19-12-15-14-8-4-5-9-17(14)23-18(15)20-11-10-16(21-22)13-6-2-1-3-7-13/h1-3,6-7,20,22H,4-5,8-11H2. The number of fused-ring (bicyclic) bond motifs is 1. The van der Waals surface area contributed by atoms with Gasteiger partial charge in [0.15, 0.2) is 0 Å². The average Bonchev–Trinajstić information content (AvgIpc) is 2.97. The van der Waals surface area contributed by atoms with E-state index in [0.29, 0.717) is 18.7 Å². The van der Waals surface area contributed by atoms with Crippen LogP contribution in [-0.2, 0) is 12.8 Å². The van der Waals surface area contributed by atoms with E-state index in [4.69, 9.17) is 0 Å². The van der Waals surface area contributed by atoms with E-state index in [1.54, 1.807) is 11.3 Å². The number of nitriles is 1. The van der Waals surface area contributed by atoms with E-state index in [0.717, 1.165) is 29.0 Å². The van der Waals surface area contributed by atoms with Crippen molar-refractivity contribution in [2.24, 2.45) is 5.16 Å². The first-order valence-electron chi connectivity index (χ1n) is 7.88. The topological polar surface area (TPSA) is 68.4 Å². The number of anilines is 1. The SMILES string of the molecule is N#Cc1c(NCCC(=NO)c2ccccc2)sc2c1CCCC2. The van der Waals surface area contributed by atoms with Crippen molar-refractivity contribution < 1.29 is 5.21 Å². The summed E-state index contributed by atoms with van der Waals surface area (Å²) in [6.07, 6.45) is 5.10. The summed E-state index contributed by atoms with van der Waals surface area (Å²) in [4.78, 5) is 1.36. The molecule has 0 saturated carbocycles. The molecular weight excluding hydrogens is 306 g/mol. The van der Waals surface area contributed by atoms with Gasteiger partial charge in [0.2, 0.25) is 0 Å². The molecule has 1 aliphatic rings. The van der Waals surface area contributed by atoms with Gasteiger partial charge in [-0.3, -0.25) is 0 Å². The predicted molar refractivity (Wildman–Crippen MR) is 93.5 cm³/mol. The summed E-state index contributed by atoms with van der Waals surface area (Å²) in [5.74, 6) is 0. The molecule has 2 aromatic rings. The molecule has 1 heterocycles. The Morgan fingerprint density at radius 2 is 2.04 bits per heavy atom. The smallest absolute Gasteiger partial charge is 0.107 e. The highest BCUT2D eigenvalue weighted by molar-refractivity contribution is 7.16. The number of thiophene rings is 1. The average molecular weight is 325 g/mol. The van der Waals surface area contributed by atoms with Gasteiger partial charge in [0.25, 0.3) is 0 Å². The van der Waals surface area contributed by atoms with Crippen LogP contribution in [0, 0.1) is 11.3 Å². The third-order valence-corrected chi connectivity index (χ3v) is 5.41. The summed E-state index contributed by atoms with van der Waals surface area (Å²) < 4.78 is 0. The van der Waals surface area contributed by atoms with Gasteiger partial charge in [-0.1, -0.05) is 35.5 Å². The molecular formula is C18H19N3OS. The number of benzene rings is 1. The van der Waals surface area contributed by atoms with Crippen LogP contribution in [0.1, 0.15) is 40.8 Å². The van der Waals surface area contributed by atoms with Gasteiger partial charge in [-0.15, -0.1) is 11.3 Å². The van der Waals surface area contributed by atoms with Crippen molar-refractivity contribution in [1.82, 2.24) is 0 Å². The fraction of sp³-hybridized carbons (Fsp3) is 0.333. The van der Waals surface area contributed by atoms with Crippen LogP contribution >= 0.6 is 11.3 Å². The molecule has 5 heteroatoms. The third kappa shape index (κ3) is 3.38. The number of rotatable bonds is 5. The molecule has 0 saturated heterocycles. The number of nitrogens with zero attached hydrogens (tertiary/aromatic N) is 2. The Hall–Kier alpha value is -2.32. The summed E-state index contributed by atoms with van der Waals surface area (Å²) in [6, 6.07) is 12.0. The molecule has 0 spiro atoms. The number of nitrogens with one attached hydrogen (secondary N) is 1. The molecule has 2 N–H and O–H groups in total. The molecule has 1 aliphatic carbocycles. The summed E-state index contributed by atoms with van der Waals surface area (Å²) in [7, 11) is 0. The van der Waals surface area contributed by atoms with E-state index in [2.05, 4.69) is 16.5 Å². The van der Waals surface area contributed by atoms with Gasteiger partial charge in [-0.2, -0.15) is 5.26 Å². The van der Waals surface area contributed by atoms with Gasteiger partial charge in [0, 0.05) is 17.8 Å². The summed E-state index contributed by atoms with van der Waals surface area (Å²) in [6.45, 7) is 0.641. The highest BCUT2D eigenvalue weighted by atomic mass is 32.1. The van der Waals surface area contributed by atoms with Crippen molar-refractivity contribution in [3.8, 4) is 6.07 Å². The molecule has 0 fully saturated rings. The Bertz CT molecular complexity index is 744. The highest BCUT2D eigenvalue weighted by Gasteiger charge is 2.20. The number of hydrogen-bond donors (Lipinski definition) is 2. The van der Waals surface area contributed by atoms with Crippen LogP contribution in [0.25, 0.3) is 0 Å². The molecule has 1 aromatic heterocycles. The first-order chi connectivity index (χ1) is 11.3. The Morgan fingerprint density at radius 1 is 1.26 bits per heavy atom. The molecule has 4 nitrogen and oxygen atoms in total.